The Bertz CT molecular complexity index is 1250. The van der Waals surface area contributed by atoms with Gasteiger partial charge in [0.25, 0.3) is 0 Å². The summed E-state index contributed by atoms with van der Waals surface area (Å²) in [5.74, 6) is -3.41. The highest BCUT2D eigenvalue weighted by molar-refractivity contribution is 5.84. The quantitative estimate of drug-likeness (QED) is 0.119. The molecular weight excluding hydrogens is 714 g/mol. The van der Waals surface area contributed by atoms with Crippen molar-refractivity contribution in [3.05, 3.63) is 0 Å². The average Bonchev–Trinajstić information content (AvgIpc) is 3.51. The summed E-state index contributed by atoms with van der Waals surface area (Å²) >= 11 is 0. The Morgan fingerprint density at radius 2 is 1.52 bits per heavy atom. The number of aliphatic hydroxyl groups is 2. The monoisotopic (exact) mass is 796 g/mol. The van der Waals surface area contributed by atoms with Crippen LogP contribution in [-0.4, -0.2) is 93.3 Å². The highest BCUT2D eigenvalue weighted by atomic mass is 17.2. The maximum absolute atomic E-state index is 14.6. The molecule has 0 amide bonds. The number of carbonyl (C=O) groups is 2. The Balaban J connectivity index is 1.59. The Hall–Kier alpha value is -1.18. The van der Waals surface area contributed by atoms with Gasteiger partial charge in [-0.05, 0) is 109 Å². The fourth-order valence-electron chi connectivity index (χ4n) is 10.5. The van der Waals surface area contributed by atoms with Gasteiger partial charge in [0.1, 0.15) is 11.9 Å². The van der Waals surface area contributed by atoms with Crippen LogP contribution in [0.4, 0.5) is 0 Å². The molecule has 4 aliphatic heterocycles. The lowest BCUT2D eigenvalue weighted by atomic mass is 9.75. The standard InChI is InChI=1S/C45H81NO10/c1-12-33(42(49)50)36-19-16-18-35(53-36)30(8)39(47)31(9)40(48)34(13-2)41-29(7)25-28(6)17-15-20-37(46-26-27(4)5)45(56-54-41)24-23-43(11,55-45)38-21-22-44(51,14-3)32(10)52-38/h27-39,41,46-47,51H,12-26H2,1-11H3,(H,49,50)/t28-,29-,30+,31-,32-,33?,34-,35?,36+,37+,38+,39-,41-,43-,44+,45-/m0/s1. The molecule has 0 radical (unpaired) electrons. The van der Waals surface area contributed by atoms with E-state index in [0.29, 0.717) is 69.6 Å². The molecule has 56 heavy (non-hydrogen) atoms. The van der Waals surface area contributed by atoms with Crippen LogP contribution in [0.15, 0.2) is 0 Å². The van der Waals surface area contributed by atoms with E-state index in [-0.39, 0.29) is 42.0 Å². The number of carbonyl (C=O) groups excluding carboxylic acids is 1. The van der Waals surface area contributed by atoms with Crippen molar-refractivity contribution in [2.24, 2.45) is 41.4 Å². The third kappa shape index (κ3) is 10.9. The van der Waals surface area contributed by atoms with Crippen molar-refractivity contribution in [3.8, 4) is 0 Å². The SMILES string of the molecule is CCC(C(=O)O)[C@H]1CCCC([C@@H](C)[C@H](O)[C@H](C)C(=O)[C@H](CC)[C@H]2OO[C@@]3(CC[C@@](C)([C@H]4CC[C@](O)(CC)[C@H](C)O4)O3)[C@H](NCC(C)C)CCC[C@H](C)C[C@@H]2C)O1. The smallest absolute Gasteiger partial charge is 0.309 e. The number of nitrogens with one attached hydrogen (secondary N) is 1. The number of carboxylic acids is 1. The Labute approximate surface area is 339 Å². The van der Waals surface area contributed by atoms with Crippen LogP contribution in [0.1, 0.15) is 166 Å². The van der Waals surface area contributed by atoms with Gasteiger partial charge in [-0.15, -0.1) is 0 Å². The molecular formula is C45H81NO10. The van der Waals surface area contributed by atoms with Crippen molar-refractivity contribution >= 4 is 11.8 Å². The number of aliphatic hydroxyl groups excluding tert-OH is 1. The van der Waals surface area contributed by atoms with Gasteiger partial charge >= 0.3 is 5.97 Å². The molecule has 16 atom stereocenters. The minimum absolute atomic E-state index is 0.00985. The Morgan fingerprint density at radius 1 is 0.857 bits per heavy atom. The molecule has 0 aromatic carbocycles. The summed E-state index contributed by atoms with van der Waals surface area (Å²) in [4.78, 5) is 40.0. The van der Waals surface area contributed by atoms with E-state index in [1.165, 1.54) is 0 Å². The van der Waals surface area contributed by atoms with Gasteiger partial charge in [0.15, 0.2) is 0 Å². The summed E-state index contributed by atoms with van der Waals surface area (Å²) in [5, 5.41) is 36.6. The van der Waals surface area contributed by atoms with Gasteiger partial charge < -0.3 is 34.8 Å². The van der Waals surface area contributed by atoms with E-state index in [2.05, 4.69) is 39.9 Å². The molecule has 4 heterocycles. The molecule has 0 aromatic rings. The summed E-state index contributed by atoms with van der Waals surface area (Å²) in [6.45, 7) is 23.3. The number of hydrogen-bond donors (Lipinski definition) is 4. The third-order valence-electron chi connectivity index (χ3n) is 14.6. The topological polar surface area (TPSA) is 153 Å². The van der Waals surface area contributed by atoms with Crippen LogP contribution in [0.25, 0.3) is 0 Å². The van der Waals surface area contributed by atoms with Gasteiger partial charge in [0.05, 0.1) is 53.7 Å². The van der Waals surface area contributed by atoms with Crippen molar-refractivity contribution < 1.29 is 48.9 Å². The van der Waals surface area contributed by atoms with Crippen LogP contribution in [0.3, 0.4) is 0 Å². The van der Waals surface area contributed by atoms with Gasteiger partial charge in [-0.25, -0.2) is 4.89 Å². The number of aliphatic carboxylic acids is 1. The molecule has 4 aliphatic rings. The number of ether oxygens (including phenoxy) is 3. The first-order chi connectivity index (χ1) is 26.3. The second kappa shape index (κ2) is 20.4. The number of Topliss-reactive ketones (excluding diaryl/α,β-unsaturated/α-hetero) is 1. The molecule has 4 saturated heterocycles. The predicted molar refractivity (Wildman–Crippen MR) is 217 cm³/mol. The number of ketones is 1. The van der Waals surface area contributed by atoms with Gasteiger partial charge in [0.2, 0.25) is 5.79 Å². The summed E-state index contributed by atoms with van der Waals surface area (Å²) in [5.41, 5.74) is -1.52. The fourth-order valence-corrected chi connectivity index (χ4v) is 10.5. The summed E-state index contributed by atoms with van der Waals surface area (Å²) in [7, 11) is 0. The van der Waals surface area contributed by atoms with Crippen molar-refractivity contribution in [3.63, 3.8) is 0 Å². The van der Waals surface area contributed by atoms with E-state index in [0.717, 1.165) is 38.6 Å². The molecule has 4 fully saturated rings. The second-order valence-electron chi connectivity index (χ2n) is 19.3. The first kappa shape index (κ1) is 47.5. The summed E-state index contributed by atoms with van der Waals surface area (Å²) in [6.07, 6.45) is 7.37. The first-order valence-electron chi connectivity index (χ1n) is 22.6. The van der Waals surface area contributed by atoms with E-state index >= 15 is 0 Å². The van der Waals surface area contributed by atoms with Crippen molar-refractivity contribution in [2.75, 3.05) is 6.54 Å². The zero-order valence-electron chi connectivity index (χ0n) is 36.9. The maximum Gasteiger partial charge on any atom is 0.309 e. The highest BCUT2D eigenvalue weighted by Crippen LogP contribution is 2.49. The molecule has 0 saturated carbocycles. The Kier molecular flexibility index (Phi) is 17.3. The van der Waals surface area contributed by atoms with Crippen LogP contribution in [0, 0.1) is 41.4 Å². The number of hydrogen-bond acceptors (Lipinski definition) is 10. The van der Waals surface area contributed by atoms with Crippen molar-refractivity contribution in [1.82, 2.24) is 5.32 Å². The average molecular weight is 796 g/mol. The normalized spacial score (nSPS) is 40.4. The van der Waals surface area contributed by atoms with Crippen LogP contribution >= 0.6 is 0 Å². The molecule has 4 N–H and O–H groups in total. The summed E-state index contributed by atoms with van der Waals surface area (Å²) < 4.78 is 20.1. The predicted octanol–water partition coefficient (Wildman–Crippen LogP) is 8.01. The van der Waals surface area contributed by atoms with E-state index in [1.54, 1.807) is 0 Å². The molecule has 2 unspecified atom stereocenters. The lowest BCUT2D eigenvalue weighted by Gasteiger charge is -2.47. The van der Waals surface area contributed by atoms with Gasteiger partial charge in [-0.2, -0.15) is 4.89 Å². The number of carboxylic acid groups (broad SMARTS) is 1. The second-order valence-corrected chi connectivity index (χ2v) is 19.3. The minimum atomic E-state index is -1.12. The molecule has 0 aromatic heterocycles. The largest absolute Gasteiger partial charge is 0.481 e. The molecule has 1 spiro atoms. The van der Waals surface area contributed by atoms with Crippen LogP contribution in [0.5, 0.6) is 0 Å². The van der Waals surface area contributed by atoms with E-state index in [4.69, 9.17) is 24.0 Å². The summed E-state index contributed by atoms with van der Waals surface area (Å²) in [6, 6.07) is -0.160. The maximum atomic E-state index is 14.6. The molecule has 0 aliphatic carbocycles. The van der Waals surface area contributed by atoms with Crippen LogP contribution < -0.4 is 5.32 Å². The van der Waals surface area contributed by atoms with Gasteiger partial charge in [0, 0.05) is 24.2 Å². The lowest BCUT2D eigenvalue weighted by Crippen LogP contribution is -2.58. The van der Waals surface area contributed by atoms with Gasteiger partial charge in [-0.1, -0.05) is 75.2 Å². The van der Waals surface area contributed by atoms with E-state index < -0.39 is 59.0 Å². The van der Waals surface area contributed by atoms with Crippen LogP contribution in [-0.2, 0) is 33.6 Å². The zero-order valence-corrected chi connectivity index (χ0v) is 36.9. The van der Waals surface area contributed by atoms with Crippen molar-refractivity contribution in [1.29, 1.82) is 0 Å². The van der Waals surface area contributed by atoms with E-state index in [9.17, 15) is 24.9 Å². The minimum Gasteiger partial charge on any atom is -0.481 e. The van der Waals surface area contributed by atoms with E-state index in [1.807, 2.05) is 41.5 Å². The molecule has 0 bridgehead atoms. The lowest BCUT2D eigenvalue weighted by molar-refractivity contribution is -0.463. The van der Waals surface area contributed by atoms with Gasteiger partial charge in [-0.3, -0.25) is 9.59 Å². The fraction of sp³-hybridized carbons (Fsp3) is 0.956. The molecule has 11 heteroatoms. The molecule has 11 nitrogen and oxygen atoms in total. The van der Waals surface area contributed by atoms with Crippen LogP contribution in [0.2, 0.25) is 0 Å². The van der Waals surface area contributed by atoms with Crippen molar-refractivity contribution in [2.45, 2.75) is 226 Å². The highest BCUT2D eigenvalue weighted by Gasteiger charge is 2.59. The molecule has 4 rings (SSSR count). The Morgan fingerprint density at radius 3 is 2.12 bits per heavy atom. The first-order valence-corrected chi connectivity index (χ1v) is 22.6. The molecule has 326 valence electrons. The zero-order chi connectivity index (χ0) is 41.6. The third-order valence-corrected chi connectivity index (χ3v) is 14.6. The number of rotatable bonds is 15.